The first kappa shape index (κ1) is 14.5. The molecule has 0 aliphatic rings. The topological polar surface area (TPSA) is 109 Å². The zero-order valence-electron chi connectivity index (χ0n) is 6.56. The van der Waals surface area contributed by atoms with Gasteiger partial charge in [0.2, 0.25) is 0 Å². The predicted molar refractivity (Wildman–Crippen MR) is 37.9 cm³/mol. The molecule has 0 fully saturated rings. The Hall–Kier alpha value is -0.460. The Balaban J connectivity index is 5.40. The molecule has 0 heterocycles. The van der Waals surface area contributed by atoms with E-state index in [2.05, 4.69) is 0 Å². The van der Waals surface area contributed by atoms with Gasteiger partial charge in [-0.3, -0.25) is 9.11 Å². The van der Waals surface area contributed by atoms with Gasteiger partial charge in [0.1, 0.15) is 5.75 Å². The lowest BCUT2D eigenvalue weighted by Crippen LogP contribution is -2.50. The van der Waals surface area contributed by atoms with Crippen LogP contribution in [0.4, 0.5) is 17.6 Å². The highest BCUT2D eigenvalue weighted by atomic mass is 32.2. The van der Waals surface area contributed by atoms with Crippen molar-refractivity contribution in [3.8, 4) is 0 Å². The summed E-state index contributed by atoms with van der Waals surface area (Å²) in [5.74, 6) is -8.47. The van der Waals surface area contributed by atoms with Crippen LogP contribution in [0.2, 0.25) is 0 Å². The third-order valence-corrected chi connectivity index (χ3v) is 2.79. The Morgan fingerprint density at radius 3 is 1.47 bits per heavy atom. The molecule has 0 aliphatic carbocycles. The monoisotopic (exact) mass is 276 g/mol. The second kappa shape index (κ2) is 3.54. The Kier molecular flexibility index (Phi) is 3.43. The van der Waals surface area contributed by atoms with Crippen LogP contribution in [-0.4, -0.2) is 42.9 Å². The van der Waals surface area contributed by atoms with Crippen LogP contribution in [-0.2, 0) is 20.2 Å². The summed E-state index contributed by atoms with van der Waals surface area (Å²) in [5.41, 5.74) is 0. The highest BCUT2D eigenvalue weighted by molar-refractivity contribution is 7.87. The first-order valence-corrected chi connectivity index (χ1v) is 5.93. The quantitative estimate of drug-likeness (QED) is 0.552. The molecule has 0 aromatic carbocycles. The maximum absolute atomic E-state index is 12.4. The van der Waals surface area contributed by atoms with E-state index in [9.17, 15) is 34.4 Å². The maximum atomic E-state index is 12.4. The molecule has 0 radical (unpaired) electrons. The fourth-order valence-corrected chi connectivity index (χ4v) is 1.68. The number of hydrogen-bond donors (Lipinski definition) is 2. The first-order chi connectivity index (χ1) is 6.21. The minimum atomic E-state index is -6.49. The van der Waals surface area contributed by atoms with E-state index >= 15 is 0 Å². The van der Waals surface area contributed by atoms with Gasteiger partial charge in [-0.1, -0.05) is 0 Å². The molecular formula is C3H4F4O6S2. The van der Waals surface area contributed by atoms with E-state index in [0.717, 1.165) is 0 Å². The van der Waals surface area contributed by atoms with Crippen LogP contribution in [0.1, 0.15) is 0 Å². The Morgan fingerprint density at radius 1 is 0.933 bits per heavy atom. The number of halogens is 4. The van der Waals surface area contributed by atoms with Crippen LogP contribution in [0, 0.1) is 0 Å². The summed E-state index contributed by atoms with van der Waals surface area (Å²) in [6.45, 7) is 0. The molecule has 0 unspecified atom stereocenters. The molecule has 6 nitrogen and oxygen atoms in total. The molecule has 0 rings (SSSR count). The van der Waals surface area contributed by atoms with Crippen LogP contribution in [0.3, 0.4) is 0 Å². The van der Waals surface area contributed by atoms with Crippen molar-refractivity contribution in [2.75, 3.05) is 5.75 Å². The average Bonchev–Trinajstić information content (AvgIpc) is 1.77. The van der Waals surface area contributed by atoms with E-state index in [-0.39, 0.29) is 0 Å². The van der Waals surface area contributed by atoms with E-state index in [0.29, 0.717) is 0 Å². The zero-order valence-corrected chi connectivity index (χ0v) is 8.20. The van der Waals surface area contributed by atoms with Crippen LogP contribution < -0.4 is 0 Å². The molecule has 2 N–H and O–H groups in total. The van der Waals surface area contributed by atoms with Crippen molar-refractivity contribution >= 4 is 20.2 Å². The summed E-state index contributed by atoms with van der Waals surface area (Å²) in [6, 6.07) is 0. The maximum Gasteiger partial charge on any atom is 0.432 e. The molecule has 92 valence electrons. The standard InChI is InChI=1S/C3H4F4O6S2/c4-2(5,1-14(8,9)10)3(6,7)15(11,12)13/h1H2,(H,8,9,10)(H,11,12,13). The van der Waals surface area contributed by atoms with Crippen molar-refractivity contribution in [1.82, 2.24) is 0 Å². The van der Waals surface area contributed by atoms with Crippen LogP contribution in [0.25, 0.3) is 0 Å². The summed E-state index contributed by atoms with van der Waals surface area (Å²) in [5, 5.41) is -6.00. The van der Waals surface area contributed by atoms with Crippen LogP contribution in [0.15, 0.2) is 0 Å². The normalized spacial score (nSPS) is 15.3. The average molecular weight is 276 g/mol. The van der Waals surface area contributed by atoms with E-state index in [4.69, 9.17) is 9.11 Å². The van der Waals surface area contributed by atoms with Gasteiger partial charge in [0, 0.05) is 0 Å². The summed E-state index contributed by atoms with van der Waals surface area (Å²) < 4.78 is 104. The minimum absolute atomic E-state index is 2.83. The lowest BCUT2D eigenvalue weighted by atomic mass is 10.4. The lowest BCUT2D eigenvalue weighted by molar-refractivity contribution is -0.144. The van der Waals surface area contributed by atoms with E-state index in [1.54, 1.807) is 0 Å². The van der Waals surface area contributed by atoms with Gasteiger partial charge in [-0.15, -0.1) is 0 Å². The summed E-state index contributed by atoms with van der Waals surface area (Å²) in [4.78, 5) is 0. The molecule has 0 saturated heterocycles. The molecule has 0 spiro atoms. The van der Waals surface area contributed by atoms with Crippen molar-refractivity contribution in [2.24, 2.45) is 0 Å². The molecule has 0 bridgehead atoms. The van der Waals surface area contributed by atoms with Gasteiger partial charge in [0.05, 0.1) is 0 Å². The predicted octanol–water partition coefficient (Wildman–Crippen LogP) is -0.00990. The van der Waals surface area contributed by atoms with Gasteiger partial charge < -0.3 is 0 Å². The van der Waals surface area contributed by atoms with Crippen molar-refractivity contribution < 1.29 is 43.5 Å². The summed E-state index contributed by atoms with van der Waals surface area (Å²) in [7, 11) is -12.0. The van der Waals surface area contributed by atoms with Gasteiger partial charge in [-0.2, -0.15) is 34.4 Å². The molecular weight excluding hydrogens is 272 g/mol. The molecule has 0 amide bonds. The second-order valence-corrected chi connectivity index (χ2v) is 5.34. The van der Waals surface area contributed by atoms with Crippen molar-refractivity contribution in [3.05, 3.63) is 0 Å². The highest BCUT2D eigenvalue weighted by Crippen LogP contribution is 2.38. The largest absolute Gasteiger partial charge is 0.432 e. The van der Waals surface area contributed by atoms with E-state index in [1.807, 2.05) is 0 Å². The fourth-order valence-electron chi connectivity index (χ4n) is 0.502. The zero-order chi connectivity index (χ0) is 12.7. The summed E-state index contributed by atoms with van der Waals surface area (Å²) >= 11 is 0. The second-order valence-electron chi connectivity index (χ2n) is 2.42. The minimum Gasteiger partial charge on any atom is -0.285 e. The molecule has 0 saturated carbocycles. The van der Waals surface area contributed by atoms with E-state index in [1.165, 1.54) is 0 Å². The number of hydrogen-bond acceptors (Lipinski definition) is 4. The Bertz CT molecular complexity index is 435. The lowest BCUT2D eigenvalue weighted by Gasteiger charge is -2.22. The molecule has 0 aromatic rings. The summed E-state index contributed by atoms with van der Waals surface area (Å²) in [6.07, 6.45) is 0. The number of alkyl halides is 4. The van der Waals surface area contributed by atoms with Crippen molar-refractivity contribution in [2.45, 2.75) is 11.2 Å². The first-order valence-electron chi connectivity index (χ1n) is 2.88. The molecule has 0 aromatic heterocycles. The highest BCUT2D eigenvalue weighted by Gasteiger charge is 2.67. The van der Waals surface area contributed by atoms with Gasteiger partial charge in [-0.05, 0) is 0 Å². The third-order valence-electron chi connectivity index (χ3n) is 1.11. The molecule has 12 heteroatoms. The SMILES string of the molecule is O=S(=O)(O)CC(F)(F)C(F)(F)S(=O)(=O)O. The van der Waals surface area contributed by atoms with Gasteiger partial charge in [-0.25, -0.2) is 0 Å². The van der Waals surface area contributed by atoms with Crippen LogP contribution >= 0.6 is 0 Å². The Morgan fingerprint density at radius 2 is 1.27 bits per heavy atom. The number of rotatable bonds is 4. The third kappa shape index (κ3) is 3.25. The van der Waals surface area contributed by atoms with Gasteiger partial charge >= 0.3 is 21.3 Å². The van der Waals surface area contributed by atoms with Gasteiger partial charge in [0.15, 0.2) is 0 Å². The van der Waals surface area contributed by atoms with E-state index < -0.39 is 37.2 Å². The van der Waals surface area contributed by atoms with Crippen LogP contribution in [0.5, 0.6) is 0 Å². The van der Waals surface area contributed by atoms with Gasteiger partial charge in [0.25, 0.3) is 10.1 Å². The molecule has 15 heavy (non-hydrogen) atoms. The molecule has 0 aliphatic heterocycles. The fraction of sp³-hybridized carbons (Fsp3) is 1.00. The Labute approximate surface area is 81.4 Å². The smallest absolute Gasteiger partial charge is 0.285 e. The molecule has 0 atom stereocenters. The van der Waals surface area contributed by atoms with Crippen molar-refractivity contribution in [3.63, 3.8) is 0 Å². The van der Waals surface area contributed by atoms with Crippen molar-refractivity contribution in [1.29, 1.82) is 0 Å².